The number of amides is 1. The van der Waals surface area contributed by atoms with Gasteiger partial charge < -0.3 is 24.0 Å². The molecule has 1 amide bonds. The van der Waals surface area contributed by atoms with Gasteiger partial charge in [0.25, 0.3) is 0 Å². The molecule has 1 atom stereocenters. The van der Waals surface area contributed by atoms with Crippen molar-refractivity contribution >= 4 is 34.5 Å². The zero-order valence-electron chi connectivity index (χ0n) is 21.7. The van der Waals surface area contributed by atoms with Crippen LogP contribution in [0.15, 0.2) is 70.2 Å². The Balaban J connectivity index is 1.97. The van der Waals surface area contributed by atoms with Gasteiger partial charge in [-0.3, -0.25) is 4.79 Å². The first-order chi connectivity index (χ1) is 17.9. The van der Waals surface area contributed by atoms with Crippen LogP contribution in [0.3, 0.4) is 0 Å². The normalized spacial score (nSPS) is 16.6. The molecule has 0 radical (unpaired) electrons. The summed E-state index contributed by atoms with van der Waals surface area (Å²) in [5, 5.41) is 2.60. The Morgan fingerprint density at radius 2 is 1.81 bits per heavy atom. The molecule has 0 aliphatic carbocycles. The van der Waals surface area contributed by atoms with Gasteiger partial charge >= 0.3 is 5.97 Å². The van der Waals surface area contributed by atoms with Crippen LogP contribution in [0.2, 0.25) is 0 Å². The highest BCUT2D eigenvalue weighted by atomic mass is 32.2. The van der Waals surface area contributed by atoms with Crippen LogP contribution in [-0.4, -0.2) is 61.3 Å². The summed E-state index contributed by atoms with van der Waals surface area (Å²) in [6, 6.07) is 14.5. The van der Waals surface area contributed by atoms with Gasteiger partial charge in [-0.1, -0.05) is 54.2 Å². The van der Waals surface area contributed by atoms with Crippen LogP contribution >= 0.6 is 11.8 Å². The van der Waals surface area contributed by atoms with Crippen molar-refractivity contribution in [2.75, 3.05) is 34.4 Å². The topological polar surface area (TPSA) is 80.7 Å². The number of benzene rings is 2. The SMILES string of the molecule is CCOC(=O)C1=C(c2ccccc2)N=C2SC=C(CC(=O)N(C)CC)N2[C@@H]1c1cccc(OC)c1OC. The van der Waals surface area contributed by atoms with E-state index in [9.17, 15) is 9.59 Å². The predicted octanol–water partition coefficient (Wildman–Crippen LogP) is 4.85. The molecule has 2 aromatic rings. The predicted molar refractivity (Wildman–Crippen MR) is 145 cm³/mol. The molecule has 2 aliphatic heterocycles. The van der Waals surface area contributed by atoms with E-state index in [0.717, 1.165) is 11.3 Å². The Kier molecular flexibility index (Phi) is 8.23. The van der Waals surface area contributed by atoms with Crippen LogP contribution in [0.4, 0.5) is 0 Å². The van der Waals surface area contributed by atoms with E-state index in [1.165, 1.54) is 11.8 Å². The maximum atomic E-state index is 13.6. The highest BCUT2D eigenvalue weighted by Crippen LogP contribution is 2.50. The Morgan fingerprint density at radius 3 is 2.46 bits per heavy atom. The molecule has 0 saturated carbocycles. The fourth-order valence-corrected chi connectivity index (χ4v) is 5.29. The van der Waals surface area contributed by atoms with Crippen molar-refractivity contribution in [3.63, 3.8) is 0 Å². The van der Waals surface area contributed by atoms with Gasteiger partial charge in [-0.2, -0.15) is 0 Å². The van der Waals surface area contributed by atoms with Gasteiger partial charge in [0.2, 0.25) is 5.91 Å². The highest BCUT2D eigenvalue weighted by Gasteiger charge is 2.44. The smallest absolute Gasteiger partial charge is 0.338 e. The molecule has 2 aliphatic rings. The summed E-state index contributed by atoms with van der Waals surface area (Å²) < 4.78 is 17.0. The van der Waals surface area contributed by atoms with E-state index < -0.39 is 12.0 Å². The molecule has 2 aromatic carbocycles. The third-order valence-electron chi connectivity index (χ3n) is 6.31. The summed E-state index contributed by atoms with van der Waals surface area (Å²) in [5.74, 6) is 0.529. The Morgan fingerprint density at radius 1 is 1.05 bits per heavy atom. The number of nitrogens with zero attached hydrogens (tertiary/aromatic N) is 3. The van der Waals surface area contributed by atoms with Crippen LogP contribution in [0, 0.1) is 0 Å². The van der Waals surface area contributed by atoms with Crippen LogP contribution < -0.4 is 9.47 Å². The van der Waals surface area contributed by atoms with Gasteiger partial charge in [0.15, 0.2) is 16.7 Å². The lowest BCUT2D eigenvalue weighted by Gasteiger charge is -2.37. The second-order valence-corrected chi connectivity index (χ2v) is 9.25. The molecule has 4 rings (SSSR count). The van der Waals surface area contributed by atoms with E-state index in [1.54, 1.807) is 39.2 Å². The minimum absolute atomic E-state index is 0.0255. The van der Waals surface area contributed by atoms with Gasteiger partial charge in [0.1, 0.15) is 0 Å². The van der Waals surface area contributed by atoms with Crippen molar-refractivity contribution in [2.24, 2.45) is 4.99 Å². The Hall–Kier alpha value is -3.72. The molecule has 0 unspecified atom stereocenters. The molecule has 0 saturated heterocycles. The van der Waals surface area contributed by atoms with Crippen LogP contribution in [0.5, 0.6) is 11.5 Å². The van der Waals surface area contributed by atoms with Crippen molar-refractivity contribution in [3.8, 4) is 11.5 Å². The third-order valence-corrected chi connectivity index (χ3v) is 7.20. The quantitative estimate of drug-likeness (QED) is 0.437. The summed E-state index contributed by atoms with van der Waals surface area (Å²) >= 11 is 1.43. The van der Waals surface area contributed by atoms with Crippen LogP contribution in [0.25, 0.3) is 5.70 Å². The molecular weight excluding hydrogens is 490 g/mol. The number of methoxy groups -OCH3 is 2. The molecule has 2 heterocycles. The van der Waals surface area contributed by atoms with Gasteiger partial charge in [-0.15, -0.1) is 0 Å². The first-order valence-electron chi connectivity index (χ1n) is 12.1. The molecule has 0 aromatic heterocycles. The van der Waals surface area contributed by atoms with Crippen molar-refractivity contribution < 1.29 is 23.8 Å². The molecule has 37 heavy (non-hydrogen) atoms. The molecule has 0 N–H and O–H groups in total. The van der Waals surface area contributed by atoms with Crippen LogP contribution in [-0.2, 0) is 14.3 Å². The monoisotopic (exact) mass is 521 g/mol. The van der Waals surface area contributed by atoms with E-state index in [-0.39, 0.29) is 18.9 Å². The van der Waals surface area contributed by atoms with E-state index in [2.05, 4.69) is 0 Å². The van der Waals surface area contributed by atoms with Crippen molar-refractivity contribution in [3.05, 3.63) is 76.3 Å². The van der Waals surface area contributed by atoms with Gasteiger partial charge in [-0.25, -0.2) is 9.79 Å². The number of ether oxygens (including phenoxy) is 3. The van der Waals surface area contributed by atoms with E-state index >= 15 is 0 Å². The first kappa shape index (κ1) is 26.3. The van der Waals surface area contributed by atoms with Crippen molar-refractivity contribution in [2.45, 2.75) is 26.3 Å². The molecule has 0 bridgehead atoms. The minimum Gasteiger partial charge on any atom is -0.493 e. The first-order valence-corrected chi connectivity index (χ1v) is 13.0. The van der Waals surface area contributed by atoms with E-state index in [4.69, 9.17) is 19.2 Å². The summed E-state index contributed by atoms with van der Waals surface area (Å²) in [6.07, 6.45) is 0.163. The van der Waals surface area contributed by atoms with Gasteiger partial charge in [0.05, 0.1) is 44.6 Å². The number of esters is 1. The van der Waals surface area contributed by atoms with Crippen molar-refractivity contribution in [1.29, 1.82) is 0 Å². The number of carbonyl (C=O) groups is 2. The maximum Gasteiger partial charge on any atom is 0.338 e. The number of rotatable bonds is 9. The standard InChI is InChI=1S/C28H31N3O5S/c1-6-30(3)22(32)16-19-17-37-28-29-24(18-12-9-8-10-13-18)23(27(33)36-7-2)25(31(19)28)20-14-11-15-21(34-4)26(20)35-5/h8-15,17,25H,6-7,16H2,1-5H3/t25-/m1/s1. The molecule has 9 heteroatoms. The number of hydrogen-bond acceptors (Lipinski definition) is 8. The average Bonchev–Trinajstić information content (AvgIpc) is 3.33. The third kappa shape index (κ3) is 5.09. The number of para-hydroxylation sites is 1. The second-order valence-electron chi connectivity index (χ2n) is 8.41. The number of thioether (sulfide) groups is 1. The maximum absolute atomic E-state index is 13.6. The summed E-state index contributed by atoms with van der Waals surface area (Å²) in [6.45, 7) is 4.51. The summed E-state index contributed by atoms with van der Waals surface area (Å²) in [4.78, 5) is 35.1. The largest absolute Gasteiger partial charge is 0.493 e. The fraction of sp³-hybridized carbons (Fsp3) is 0.321. The zero-order chi connectivity index (χ0) is 26.5. The second kappa shape index (κ2) is 11.6. The van der Waals surface area contributed by atoms with Gasteiger partial charge in [0, 0.05) is 30.4 Å². The molecule has 194 valence electrons. The van der Waals surface area contributed by atoms with Crippen LogP contribution in [0.1, 0.15) is 37.4 Å². The fourth-order valence-electron chi connectivity index (χ4n) is 4.38. The zero-order valence-corrected chi connectivity index (χ0v) is 22.5. The molecule has 0 spiro atoms. The number of aliphatic imine (C=N–C) groups is 1. The van der Waals surface area contributed by atoms with Crippen molar-refractivity contribution in [1.82, 2.24) is 9.80 Å². The van der Waals surface area contributed by atoms with E-state index in [0.29, 0.717) is 40.0 Å². The lowest BCUT2D eigenvalue weighted by atomic mass is 9.90. The van der Waals surface area contributed by atoms with Gasteiger partial charge in [-0.05, 0) is 25.3 Å². The minimum atomic E-state index is -0.659. The summed E-state index contributed by atoms with van der Waals surface area (Å²) in [5.41, 5.74) is 3.14. The molecular formula is C28H31N3O5S. The molecule has 0 fully saturated rings. The van der Waals surface area contributed by atoms with E-state index in [1.807, 2.05) is 59.7 Å². The average molecular weight is 522 g/mol. The number of fused-ring (bicyclic) bond motifs is 1. The lowest BCUT2D eigenvalue weighted by Crippen LogP contribution is -2.38. The number of carbonyl (C=O) groups excluding carboxylic acids is 2. The lowest BCUT2D eigenvalue weighted by molar-refractivity contribution is -0.139. The number of amidine groups is 1. The molecule has 8 nitrogen and oxygen atoms in total. The highest BCUT2D eigenvalue weighted by molar-refractivity contribution is 8.16. The Labute approximate surface area is 221 Å². The summed E-state index contributed by atoms with van der Waals surface area (Å²) in [7, 11) is 4.92. The Bertz CT molecular complexity index is 1270. The number of hydrogen-bond donors (Lipinski definition) is 0.